The highest BCUT2D eigenvalue weighted by Gasteiger charge is 2.26. The molecule has 0 aliphatic heterocycles. The van der Waals surface area contributed by atoms with E-state index in [0.717, 1.165) is 11.3 Å². The summed E-state index contributed by atoms with van der Waals surface area (Å²) in [6.45, 7) is -0.140. The normalized spacial score (nSPS) is 11.1. The predicted molar refractivity (Wildman–Crippen MR) is 63.6 cm³/mol. The first kappa shape index (κ1) is 15.3. The van der Waals surface area contributed by atoms with Crippen molar-refractivity contribution >= 4 is 28.3 Å². The number of hydrogen-bond acceptors (Lipinski definition) is 3. The van der Waals surface area contributed by atoms with Crippen molar-refractivity contribution in [2.45, 2.75) is 19.0 Å². The average Bonchev–Trinajstić information content (AvgIpc) is 2.71. The maximum absolute atomic E-state index is 11.8. The molecular formula is C10H11F3N2O3S. The number of halogens is 3. The smallest absolute Gasteiger partial charge is 0.389 e. The zero-order valence-electron chi connectivity index (χ0n) is 9.58. The van der Waals surface area contributed by atoms with Crippen molar-refractivity contribution in [3.63, 3.8) is 0 Å². The van der Waals surface area contributed by atoms with Crippen molar-refractivity contribution in [2.75, 3.05) is 11.9 Å². The van der Waals surface area contributed by atoms with Gasteiger partial charge in [0.2, 0.25) is 0 Å². The molecule has 0 saturated heterocycles. The molecule has 9 heteroatoms. The summed E-state index contributed by atoms with van der Waals surface area (Å²) in [6, 6.07) is 0.596. The summed E-state index contributed by atoms with van der Waals surface area (Å²) in [7, 11) is 0. The van der Waals surface area contributed by atoms with Crippen LogP contribution in [0.4, 0.5) is 23.0 Å². The number of rotatable bonds is 5. The molecule has 1 aromatic rings. The van der Waals surface area contributed by atoms with Gasteiger partial charge in [0.15, 0.2) is 0 Å². The molecule has 2 amide bonds. The van der Waals surface area contributed by atoms with Gasteiger partial charge in [0.1, 0.15) is 5.00 Å². The minimum absolute atomic E-state index is 0.0598. The topological polar surface area (TPSA) is 78.4 Å². The first-order valence-electron chi connectivity index (χ1n) is 5.22. The van der Waals surface area contributed by atoms with E-state index in [1.54, 1.807) is 0 Å². The molecule has 0 aliphatic carbocycles. The standard InChI is InChI=1S/C10H11F3N2O3S/c11-10(12,13)3-1-4-14-9(18)15-7-6(8(16)17)2-5-19-7/h2,5H,1,3-4H2,(H,16,17)(H2,14,15,18). The van der Waals surface area contributed by atoms with E-state index in [-0.39, 0.29) is 23.5 Å². The van der Waals surface area contributed by atoms with Gasteiger partial charge >= 0.3 is 18.2 Å². The van der Waals surface area contributed by atoms with Crippen molar-refractivity contribution < 1.29 is 27.9 Å². The number of aromatic carboxylic acids is 1. The Morgan fingerprint density at radius 2 is 2.05 bits per heavy atom. The second-order valence-electron chi connectivity index (χ2n) is 3.57. The lowest BCUT2D eigenvalue weighted by atomic mass is 10.3. The molecule has 0 aromatic carbocycles. The van der Waals surface area contributed by atoms with E-state index >= 15 is 0 Å². The third-order valence-corrected chi connectivity index (χ3v) is 2.88. The minimum atomic E-state index is -4.25. The second-order valence-corrected chi connectivity index (χ2v) is 4.48. The van der Waals surface area contributed by atoms with Gasteiger partial charge in [-0.25, -0.2) is 9.59 Å². The zero-order chi connectivity index (χ0) is 14.5. The van der Waals surface area contributed by atoms with E-state index in [1.807, 2.05) is 0 Å². The Labute approximate surface area is 110 Å². The number of carboxylic acid groups (broad SMARTS) is 1. The van der Waals surface area contributed by atoms with Gasteiger partial charge in [-0.15, -0.1) is 11.3 Å². The highest BCUT2D eigenvalue weighted by atomic mass is 32.1. The van der Waals surface area contributed by atoms with Gasteiger partial charge < -0.3 is 10.4 Å². The molecule has 1 rings (SSSR count). The molecule has 5 nitrogen and oxygen atoms in total. The third kappa shape index (κ3) is 5.60. The molecule has 0 fully saturated rings. The van der Waals surface area contributed by atoms with Gasteiger partial charge in [-0.1, -0.05) is 0 Å². The SMILES string of the molecule is O=C(NCCCC(F)(F)F)Nc1sccc1C(=O)O. The number of carboxylic acids is 1. The average molecular weight is 296 g/mol. The molecule has 0 unspecified atom stereocenters. The van der Waals surface area contributed by atoms with Gasteiger partial charge in [-0.3, -0.25) is 5.32 Å². The van der Waals surface area contributed by atoms with E-state index in [4.69, 9.17) is 5.11 Å². The van der Waals surface area contributed by atoms with Crippen molar-refractivity contribution in [3.05, 3.63) is 17.0 Å². The first-order valence-corrected chi connectivity index (χ1v) is 6.10. The van der Waals surface area contributed by atoms with Crippen LogP contribution in [0.15, 0.2) is 11.4 Å². The van der Waals surface area contributed by atoms with Crippen LogP contribution in [-0.2, 0) is 0 Å². The predicted octanol–water partition coefficient (Wildman–Crippen LogP) is 2.91. The van der Waals surface area contributed by atoms with Crippen molar-refractivity contribution in [3.8, 4) is 0 Å². The highest BCUT2D eigenvalue weighted by Crippen LogP contribution is 2.23. The summed E-state index contributed by atoms with van der Waals surface area (Å²) in [6.07, 6.45) is -5.46. The van der Waals surface area contributed by atoms with Crippen molar-refractivity contribution in [1.29, 1.82) is 0 Å². The summed E-state index contributed by atoms with van der Waals surface area (Å²) < 4.78 is 35.5. The van der Waals surface area contributed by atoms with Crippen LogP contribution in [0.25, 0.3) is 0 Å². The van der Waals surface area contributed by atoms with Crippen LogP contribution < -0.4 is 10.6 Å². The fraction of sp³-hybridized carbons (Fsp3) is 0.400. The van der Waals surface area contributed by atoms with E-state index in [2.05, 4.69) is 10.6 Å². The summed E-state index contributed by atoms with van der Waals surface area (Å²) in [5.41, 5.74) is -0.0598. The van der Waals surface area contributed by atoms with Crippen LogP contribution in [0.5, 0.6) is 0 Å². The summed E-state index contributed by atoms with van der Waals surface area (Å²) in [5.74, 6) is -1.19. The van der Waals surface area contributed by atoms with Crippen LogP contribution in [0.1, 0.15) is 23.2 Å². The van der Waals surface area contributed by atoms with Crippen LogP contribution >= 0.6 is 11.3 Å². The van der Waals surface area contributed by atoms with Gasteiger partial charge in [0.05, 0.1) is 5.56 Å². The third-order valence-electron chi connectivity index (χ3n) is 2.05. The van der Waals surface area contributed by atoms with E-state index < -0.39 is 24.6 Å². The number of thiophene rings is 1. The molecule has 0 spiro atoms. The fourth-order valence-corrected chi connectivity index (χ4v) is 1.99. The molecular weight excluding hydrogens is 285 g/mol. The molecule has 106 valence electrons. The van der Waals surface area contributed by atoms with Gasteiger partial charge in [-0.2, -0.15) is 13.2 Å². The Kier molecular flexibility index (Phi) is 5.16. The number of urea groups is 1. The molecule has 0 radical (unpaired) electrons. The first-order chi connectivity index (χ1) is 8.79. The number of carbonyl (C=O) groups excluding carboxylic acids is 1. The Bertz CT molecular complexity index is 459. The Hall–Kier alpha value is -1.77. The van der Waals surface area contributed by atoms with Crippen molar-refractivity contribution in [1.82, 2.24) is 5.32 Å². The molecule has 0 bridgehead atoms. The lowest BCUT2D eigenvalue weighted by Crippen LogP contribution is -2.30. The summed E-state index contributed by atoms with van der Waals surface area (Å²) >= 11 is 1.02. The van der Waals surface area contributed by atoms with E-state index in [1.165, 1.54) is 11.4 Å². The molecule has 1 aromatic heterocycles. The van der Waals surface area contributed by atoms with Gasteiger partial charge in [0, 0.05) is 13.0 Å². The number of hydrogen-bond donors (Lipinski definition) is 3. The number of amides is 2. The van der Waals surface area contributed by atoms with Gasteiger partial charge in [0.25, 0.3) is 0 Å². The van der Waals surface area contributed by atoms with Crippen LogP contribution in [0, 0.1) is 0 Å². The fourth-order valence-electron chi connectivity index (χ4n) is 1.21. The molecule has 3 N–H and O–H groups in total. The van der Waals surface area contributed by atoms with E-state index in [9.17, 15) is 22.8 Å². The minimum Gasteiger partial charge on any atom is -0.478 e. The molecule has 0 atom stereocenters. The number of carbonyl (C=O) groups is 2. The van der Waals surface area contributed by atoms with Crippen LogP contribution in [0.2, 0.25) is 0 Å². The van der Waals surface area contributed by atoms with Crippen molar-refractivity contribution in [2.24, 2.45) is 0 Å². The van der Waals surface area contributed by atoms with Gasteiger partial charge in [-0.05, 0) is 17.9 Å². The zero-order valence-corrected chi connectivity index (χ0v) is 10.4. The Balaban J connectivity index is 2.35. The van der Waals surface area contributed by atoms with Crippen LogP contribution in [-0.4, -0.2) is 29.8 Å². The summed E-state index contributed by atoms with van der Waals surface area (Å²) in [4.78, 5) is 22.1. The second kappa shape index (κ2) is 6.41. The monoisotopic (exact) mass is 296 g/mol. The molecule has 0 aliphatic rings. The van der Waals surface area contributed by atoms with E-state index in [0.29, 0.717) is 0 Å². The Morgan fingerprint density at radius 3 is 2.63 bits per heavy atom. The molecule has 0 saturated carbocycles. The van der Waals surface area contributed by atoms with Crippen LogP contribution in [0.3, 0.4) is 0 Å². The highest BCUT2D eigenvalue weighted by molar-refractivity contribution is 7.14. The quantitative estimate of drug-likeness (QED) is 0.731. The Morgan fingerprint density at radius 1 is 1.37 bits per heavy atom. The lowest BCUT2D eigenvalue weighted by Gasteiger charge is -2.08. The number of anilines is 1. The number of alkyl halides is 3. The lowest BCUT2D eigenvalue weighted by molar-refractivity contribution is -0.135. The number of nitrogens with one attached hydrogen (secondary N) is 2. The largest absolute Gasteiger partial charge is 0.478 e. The maximum Gasteiger partial charge on any atom is 0.389 e. The summed E-state index contributed by atoms with van der Waals surface area (Å²) in [5, 5.41) is 14.9. The molecule has 19 heavy (non-hydrogen) atoms. The maximum atomic E-state index is 11.8. The molecule has 1 heterocycles.